The van der Waals surface area contributed by atoms with Crippen molar-refractivity contribution in [1.82, 2.24) is 10.2 Å². The molecule has 18 heavy (non-hydrogen) atoms. The normalized spacial score (nSPS) is 25.9. The van der Waals surface area contributed by atoms with Crippen LogP contribution in [0.2, 0.25) is 0 Å². The molecular weight excluding hydrogens is 228 g/mol. The van der Waals surface area contributed by atoms with Gasteiger partial charge in [-0.25, -0.2) is 0 Å². The number of hydrogen-bond donors (Lipinski definition) is 1. The first kappa shape index (κ1) is 13.4. The summed E-state index contributed by atoms with van der Waals surface area (Å²) < 4.78 is 0. The standard InChI is InChI=1S/C14H24N2O2/c1-14(2,3)12-13(18)16(9-11(17)15-12)8-7-10-5-4-6-10/h10,12H,4-9H2,1-3H3,(H,15,17). The third kappa shape index (κ3) is 2.85. The largest absolute Gasteiger partial charge is 0.342 e. The lowest BCUT2D eigenvalue weighted by molar-refractivity contribution is -0.147. The SMILES string of the molecule is CC(C)(C)C1NC(=O)CN(CCC2CCC2)C1=O. The van der Waals surface area contributed by atoms with Crippen molar-refractivity contribution in [2.24, 2.45) is 11.3 Å². The van der Waals surface area contributed by atoms with Gasteiger partial charge < -0.3 is 10.2 Å². The lowest BCUT2D eigenvalue weighted by Gasteiger charge is -2.39. The van der Waals surface area contributed by atoms with Gasteiger partial charge in [-0.15, -0.1) is 0 Å². The average Bonchev–Trinajstić information content (AvgIpc) is 2.18. The molecule has 0 radical (unpaired) electrons. The first-order valence-corrected chi connectivity index (χ1v) is 6.96. The Kier molecular flexibility index (Phi) is 3.64. The molecule has 2 rings (SSSR count). The van der Waals surface area contributed by atoms with Gasteiger partial charge in [0.15, 0.2) is 0 Å². The van der Waals surface area contributed by atoms with Crippen LogP contribution in [0.4, 0.5) is 0 Å². The van der Waals surface area contributed by atoms with E-state index in [1.165, 1.54) is 19.3 Å². The molecule has 4 heteroatoms. The maximum Gasteiger partial charge on any atom is 0.246 e. The minimum atomic E-state index is -0.375. The minimum absolute atomic E-state index is 0.0249. The molecule has 0 bridgehead atoms. The van der Waals surface area contributed by atoms with Gasteiger partial charge in [0.05, 0.1) is 6.54 Å². The molecule has 1 unspecified atom stereocenters. The zero-order chi connectivity index (χ0) is 13.3. The van der Waals surface area contributed by atoms with E-state index in [4.69, 9.17) is 0 Å². The van der Waals surface area contributed by atoms with Crippen molar-refractivity contribution in [3.05, 3.63) is 0 Å². The van der Waals surface area contributed by atoms with Gasteiger partial charge in [0.2, 0.25) is 11.8 Å². The Morgan fingerprint density at radius 1 is 1.28 bits per heavy atom. The van der Waals surface area contributed by atoms with Gasteiger partial charge in [-0.05, 0) is 17.8 Å². The first-order chi connectivity index (χ1) is 8.38. The lowest BCUT2D eigenvalue weighted by atomic mass is 9.82. The molecule has 1 atom stereocenters. The summed E-state index contributed by atoms with van der Waals surface area (Å²) in [7, 11) is 0. The Morgan fingerprint density at radius 2 is 1.94 bits per heavy atom. The predicted octanol–water partition coefficient (Wildman–Crippen LogP) is 1.55. The van der Waals surface area contributed by atoms with Gasteiger partial charge >= 0.3 is 0 Å². The monoisotopic (exact) mass is 252 g/mol. The highest BCUT2D eigenvalue weighted by molar-refractivity contribution is 5.95. The topological polar surface area (TPSA) is 49.4 Å². The summed E-state index contributed by atoms with van der Waals surface area (Å²) in [6.45, 7) is 6.95. The molecule has 0 aromatic carbocycles. The van der Waals surface area contributed by atoms with Crippen molar-refractivity contribution in [2.75, 3.05) is 13.1 Å². The molecule has 1 N–H and O–H groups in total. The van der Waals surface area contributed by atoms with Crippen molar-refractivity contribution >= 4 is 11.8 Å². The van der Waals surface area contributed by atoms with Crippen molar-refractivity contribution < 1.29 is 9.59 Å². The maximum atomic E-state index is 12.3. The fourth-order valence-electron chi connectivity index (χ4n) is 2.60. The highest BCUT2D eigenvalue weighted by atomic mass is 16.2. The maximum absolute atomic E-state index is 12.3. The molecule has 0 aromatic heterocycles. The second-order valence-electron chi connectivity index (χ2n) is 6.71. The van der Waals surface area contributed by atoms with Crippen LogP contribution in [0.15, 0.2) is 0 Å². The second-order valence-corrected chi connectivity index (χ2v) is 6.71. The molecule has 1 aliphatic heterocycles. The first-order valence-electron chi connectivity index (χ1n) is 6.96. The molecule has 0 spiro atoms. The van der Waals surface area contributed by atoms with Crippen LogP contribution >= 0.6 is 0 Å². The van der Waals surface area contributed by atoms with E-state index >= 15 is 0 Å². The van der Waals surface area contributed by atoms with Crippen molar-refractivity contribution in [1.29, 1.82) is 0 Å². The van der Waals surface area contributed by atoms with Crippen LogP contribution in [0.5, 0.6) is 0 Å². The lowest BCUT2D eigenvalue weighted by Crippen LogP contribution is -2.62. The molecule has 2 amide bonds. The van der Waals surface area contributed by atoms with Crippen LogP contribution in [0, 0.1) is 11.3 Å². The Hall–Kier alpha value is -1.06. The number of carbonyl (C=O) groups is 2. The van der Waals surface area contributed by atoms with Gasteiger partial charge in [-0.1, -0.05) is 40.0 Å². The van der Waals surface area contributed by atoms with Crippen LogP contribution in [0.25, 0.3) is 0 Å². The molecule has 4 nitrogen and oxygen atoms in total. The third-order valence-electron chi connectivity index (χ3n) is 4.10. The highest BCUT2D eigenvalue weighted by Crippen LogP contribution is 2.30. The summed E-state index contributed by atoms with van der Waals surface area (Å²) in [6.07, 6.45) is 4.95. The average molecular weight is 252 g/mol. The Balaban J connectivity index is 1.96. The Morgan fingerprint density at radius 3 is 2.44 bits per heavy atom. The van der Waals surface area contributed by atoms with Gasteiger partial charge in [-0.3, -0.25) is 9.59 Å². The summed E-state index contributed by atoms with van der Waals surface area (Å²) in [5, 5.41) is 2.82. The summed E-state index contributed by atoms with van der Waals surface area (Å²) >= 11 is 0. The summed E-state index contributed by atoms with van der Waals surface area (Å²) in [6, 6.07) is -0.375. The molecule has 102 valence electrons. The van der Waals surface area contributed by atoms with E-state index in [0.717, 1.165) is 18.9 Å². The van der Waals surface area contributed by atoms with E-state index in [9.17, 15) is 9.59 Å². The second kappa shape index (κ2) is 4.90. The molecule has 2 fully saturated rings. The highest BCUT2D eigenvalue weighted by Gasteiger charge is 2.39. The van der Waals surface area contributed by atoms with Gasteiger partial charge in [0, 0.05) is 6.54 Å². The molecule has 1 heterocycles. The number of rotatable bonds is 3. The summed E-state index contributed by atoms with van der Waals surface area (Å²) in [4.78, 5) is 25.8. The Bertz CT molecular complexity index is 342. The van der Waals surface area contributed by atoms with Crippen LogP contribution in [-0.4, -0.2) is 35.8 Å². The fourth-order valence-corrected chi connectivity index (χ4v) is 2.60. The number of amides is 2. The molecule has 1 aliphatic carbocycles. The smallest absolute Gasteiger partial charge is 0.246 e. The Labute approximate surface area is 109 Å². The van der Waals surface area contributed by atoms with Gasteiger partial charge in [-0.2, -0.15) is 0 Å². The van der Waals surface area contributed by atoms with Gasteiger partial charge in [0.25, 0.3) is 0 Å². The van der Waals surface area contributed by atoms with E-state index in [-0.39, 0.29) is 29.8 Å². The quantitative estimate of drug-likeness (QED) is 0.828. The molecule has 2 aliphatic rings. The number of carbonyl (C=O) groups excluding carboxylic acids is 2. The number of nitrogens with zero attached hydrogens (tertiary/aromatic N) is 1. The van der Waals surface area contributed by atoms with Crippen LogP contribution in [-0.2, 0) is 9.59 Å². The zero-order valence-electron chi connectivity index (χ0n) is 11.7. The van der Waals surface area contributed by atoms with Crippen molar-refractivity contribution in [3.63, 3.8) is 0 Å². The molecule has 1 saturated carbocycles. The molecule has 0 aromatic rings. The van der Waals surface area contributed by atoms with Crippen molar-refractivity contribution in [3.8, 4) is 0 Å². The number of piperazine rings is 1. The van der Waals surface area contributed by atoms with E-state index in [1.54, 1.807) is 4.90 Å². The number of hydrogen-bond acceptors (Lipinski definition) is 2. The number of nitrogens with one attached hydrogen (secondary N) is 1. The van der Waals surface area contributed by atoms with Crippen LogP contribution < -0.4 is 5.32 Å². The van der Waals surface area contributed by atoms with Crippen LogP contribution in [0.3, 0.4) is 0 Å². The minimum Gasteiger partial charge on any atom is -0.342 e. The van der Waals surface area contributed by atoms with Gasteiger partial charge in [0.1, 0.15) is 6.04 Å². The summed E-state index contributed by atoms with van der Waals surface area (Å²) in [5.74, 6) is 0.834. The van der Waals surface area contributed by atoms with E-state index in [0.29, 0.717) is 0 Å². The fraction of sp³-hybridized carbons (Fsp3) is 0.857. The van der Waals surface area contributed by atoms with E-state index in [2.05, 4.69) is 5.32 Å². The molecular formula is C14H24N2O2. The van der Waals surface area contributed by atoms with E-state index < -0.39 is 0 Å². The van der Waals surface area contributed by atoms with Crippen molar-refractivity contribution in [2.45, 2.75) is 52.5 Å². The third-order valence-corrected chi connectivity index (χ3v) is 4.10. The van der Waals surface area contributed by atoms with Crippen LogP contribution in [0.1, 0.15) is 46.5 Å². The zero-order valence-corrected chi connectivity index (χ0v) is 11.7. The predicted molar refractivity (Wildman–Crippen MR) is 69.9 cm³/mol. The summed E-state index contributed by atoms with van der Waals surface area (Å²) in [5.41, 5.74) is -0.220. The molecule has 1 saturated heterocycles. The van der Waals surface area contributed by atoms with E-state index in [1.807, 2.05) is 20.8 Å².